The zero-order chi connectivity index (χ0) is 12.4. The lowest BCUT2D eigenvalue weighted by Gasteiger charge is -2.12. The van der Waals surface area contributed by atoms with Crippen molar-refractivity contribution in [3.05, 3.63) is 24.3 Å². The Morgan fingerprint density at radius 1 is 1.33 bits per heavy atom. The summed E-state index contributed by atoms with van der Waals surface area (Å²) < 4.78 is 5.61. The standard InChI is InChI=1S/C13H15N3O2/c17-12-6-5-9(7-8-14-12)15-13-16-10-3-1-2-4-11(10)18-13/h1-4,9H,5-8H2,(H,14,17)(H,15,16)/t9-/m1/s1. The van der Waals surface area contributed by atoms with E-state index in [4.69, 9.17) is 4.42 Å². The van der Waals surface area contributed by atoms with Gasteiger partial charge in [-0.3, -0.25) is 4.79 Å². The molecule has 1 aromatic heterocycles. The molecule has 1 fully saturated rings. The van der Waals surface area contributed by atoms with E-state index in [0.29, 0.717) is 19.0 Å². The summed E-state index contributed by atoms with van der Waals surface area (Å²) in [7, 11) is 0. The molecule has 0 aliphatic carbocycles. The van der Waals surface area contributed by atoms with Crippen molar-refractivity contribution in [2.75, 3.05) is 11.9 Å². The van der Waals surface area contributed by atoms with Gasteiger partial charge in [0.25, 0.3) is 6.01 Å². The minimum atomic E-state index is 0.122. The summed E-state index contributed by atoms with van der Waals surface area (Å²) in [5.74, 6) is 0.122. The van der Waals surface area contributed by atoms with Crippen molar-refractivity contribution in [3.8, 4) is 0 Å². The molecule has 1 aromatic carbocycles. The Kier molecular flexibility index (Phi) is 2.88. The SMILES string of the molecule is O=C1CC[C@@H](Nc2nc3ccccc3o2)CCN1. The van der Waals surface area contributed by atoms with Crippen LogP contribution in [0.1, 0.15) is 19.3 Å². The van der Waals surface area contributed by atoms with Crippen LogP contribution in [0, 0.1) is 0 Å². The van der Waals surface area contributed by atoms with Gasteiger partial charge in [-0.15, -0.1) is 0 Å². The highest BCUT2D eigenvalue weighted by Crippen LogP contribution is 2.20. The van der Waals surface area contributed by atoms with Crippen LogP contribution >= 0.6 is 0 Å². The van der Waals surface area contributed by atoms with E-state index in [1.165, 1.54) is 0 Å². The van der Waals surface area contributed by atoms with Crippen molar-refractivity contribution in [1.82, 2.24) is 10.3 Å². The molecule has 5 heteroatoms. The normalized spacial score (nSPS) is 20.4. The Morgan fingerprint density at radius 2 is 2.22 bits per heavy atom. The van der Waals surface area contributed by atoms with Crippen LogP contribution in [0.5, 0.6) is 0 Å². The first-order chi connectivity index (χ1) is 8.81. The summed E-state index contributed by atoms with van der Waals surface area (Å²) in [4.78, 5) is 15.6. The fraction of sp³-hybridized carbons (Fsp3) is 0.385. The molecule has 1 aliphatic rings. The highest BCUT2D eigenvalue weighted by Gasteiger charge is 2.17. The van der Waals surface area contributed by atoms with Crippen LogP contribution in [0.25, 0.3) is 11.1 Å². The van der Waals surface area contributed by atoms with Gasteiger partial charge in [0.15, 0.2) is 5.58 Å². The summed E-state index contributed by atoms with van der Waals surface area (Å²) in [6.45, 7) is 0.705. The zero-order valence-corrected chi connectivity index (χ0v) is 9.98. The lowest BCUT2D eigenvalue weighted by molar-refractivity contribution is -0.120. The molecule has 5 nitrogen and oxygen atoms in total. The highest BCUT2D eigenvalue weighted by molar-refractivity contribution is 5.76. The van der Waals surface area contributed by atoms with E-state index in [1.54, 1.807) is 0 Å². The van der Waals surface area contributed by atoms with Gasteiger partial charge in [-0.2, -0.15) is 4.98 Å². The smallest absolute Gasteiger partial charge is 0.295 e. The molecule has 0 radical (unpaired) electrons. The third kappa shape index (κ3) is 2.30. The van der Waals surface area contributed by atoms with Gasteiger partial charge in [0.05, 0.1) is 0 Å². The van der Waals surface area contributed by atoms with E-state index < -0.39 is 0 Å². The zero-order valence-electron chi connectivity index (χ0n) is 9.98. The van der Waals surface area contributed by atoms with E-state index in [1.807, 2.05) is 24.3 Å². The predicted octanol–water partition coefficient (Wildman–Crippen LogP) is 1.91. The van der Waals surface area contributed by atoms with Gasteiger partial charge < -0.3 is 15.1 Å². The molecule has 94 valence electrons. The topological polar surface area (TPSA) is 67.2 Å². The first-order valence-electron chi connectivity index (χ1n) is 6.20. The number of para-hydroxylation sites is 2. The van der Waals surface area contributed by atoms with Gasteiger partial charge in [0.1, 0.15) is 5.52 Å². The van der Waals surface area contributed by atoms with Crippen LogP contribution in [0.3, 0.4) is 0 Å². The van der Waals surface area contributed by atoms with Crippen molar-refractivity contribution in [3.63, 3.8) is 0 Å². The van der Waals surface area contributed by atoms with Crippen molar-refractivity contribution in [2.45, 2.75) is 25.3 Å². The van der Waals surface area contributed by atoms with Gasteiger partial charge >= 0.3 is 0 Å². The number of hydrogen-bond donors (Lipinski definition) is 2. The molecule has 0 spiro atoms. The molecular weight excluding hydrogens is 230 g/mol. The fourth-order valence-electron chi connectivity index (χ4n) is 2.18. The minimum Gasteiger partial charge on any atom is -0.424 e. The molecule has 1 atom stereocenters. The van der Waals surface area contributed by atoms with Crippen molar-refractivity contribution in [2.24, 2.45) is 0 Å². The Balaban J connectivity index is 1.73. The van der Waals surface area contributed by atoms with Crippen molar-refractivity contribution >= 4 is 23.0 Å². The van der Waals surface area contributed by atoms with Crippen LogP contribution in [0.2, 0.25) is 0 Å². The molecule has 0 bridgehead atoms. The monoisotopic (exact) mass is 245 g/mol. The largest absolute Gasteiger partial charge is 0.424 e. The van der Waals surface area contributed by atoms with Crippen LogP contribution < -0.4 is 10.6 Å². The molecule has 18 heavy (non-hydrogen) atoms. The lowest BCUT2D eigenvalue weighted by Crippen LogP contribution is -2.23. The number of amides is 1. The number of nitrogens with one attached hydrogen (secondary N) is 2. The van der Waals surface area contributed by atoms with Gasteiger partial charge in [-0.25, -0.2) is 0 Å². The number of oxazole rings is 1. The van der Waals surface area contributed by atoms with Crippen LogP contribution in [-0.2, 0) is 4.79 Å². The molecule has 2 heterocycles. The Hall–Kier alpha value is -2.04. The second-order valence-corrected chi connectivity index (χ2v) is 4.51. The maximum atomic E-state index is 11.2. The van der Waals surface area contributed by atoms with Crippen LogP contribution in [-0.4, -0.2) is 23.5 Å². The molecule has 2 N–H and O–H groups in total. The molecule has 1 amide bonds. The number of aromatic nitrogens is 1. The molecule has 1 aliphatic heterocycles. The van der Waals surface area contributed by atoms with Gasteiger partial charge in [0.2, 0.25) is 5.91 Å². The molecule has 2 aromatic rings. The van der Waals surface area contributed by atoms with Crippen LogP contribution in [0.4, 0.5) is 6.01 Å². The van der Waals surface area contributed by atoms with Crippen molar-refractivity contribution < 1.29 is 9.21 Å². The van der Waals surface area contributed by atoms with Gasteiger partial charge in [-0.05, 0) is 25.0 Å². The number of anilines is 1. The van der Waals surface area contributed by atoms with E-state index in [2.05, 4.69) is 15.6 Å². The maximum Gasteiger partial charge on any atom is 0.295 e. The quantitative estimate of drug-likeness (QED) is 0.848. The summed E-state index contributed by atoms with van der Waals surface area (Å²) in [5.41, 5.74) is 1.63. The number of nitrogens with zero attached hydrogens (tertiary/aromatic N) is 1. The van der Waals surface area contributed by atoms with Crippen molar-refractivity contribution in [1.29, 1.82) is 0 Å². The third-order valence-electron chi connectivity index (χ3n) is 3.16. The fourth-order valence-corrected chi connectivity index (χ4v) is 2.18. The van der Waals surface area contributed by atoms with E-state index >= 15 is 0 Å². The van der Waals surface area contributed by atoms with E-state index in [0.717, 1.165) is 23.9 Å². The predicted molar refractivity (Wildman–Crippen MR) is 68.3 cm³/mol. The van der Waals surface area contributed by atoms with E-state index in [9.17, 15) is 4.79 Å². The summed E-state index contributed by atoms with van der Waals surface area (Å²) in [5, 5.41) is 6.12. The number of carbonyl (C=O) groups is 1. The molecule has 3 rings (SSSR count). The molecular formula is C13H15N3O2. The Labute approximate surface area is 105 Å². The highest BCUT2D eigenvalue weighted by atomic mass is 16.4. The number of carbonyl (C=O) groups excluding carboxylic acids is 1. The number of fused-ring (bicyclic) bond motifs is 1. The molecule has 1 saturated heterocycles. The first kappa shape index (κ1) is 11.1. The third-order valence-corrected chi connectivity index (χ3v) is 3.16. The average molecular weight is 245 g/mol. The number of hydrogen-bond acceptors (Lipinski definition) is 4. The Morgan fingerprint density at radius 3 is 3.11 bits per heavy atom. The summed E-state index contributed by atoms with van der Waals surface area (Å²) in [6.07, 6.45) is 2.26. The number of rotatable bonds is 2. The summed E-state index contributed by atoms with van der Waals surface area (Å²) >= 11 is 0. The van der Waals surface area contributed by atoms with Crippen LogP contribution in [0.15, 0.2) is 28.7 Å². The Bertz CT molecular complexity index is 531. The average Bonchev–Trinajstić information content (AvgIpc) is 2.66. The number of benzene rings is 1. The molecule has 0 saturated carbocycles. The van der Waals surface area contributed by atoms with Gasteiger partial charge in [-0.1, -0.05) is 12.1 Å². The second-order valence-electron chi connectivity index (χ2n) is 4.51. The van der Waals surface area contributed by atoms with Gasteiger partial charge in [0, 0.05) is 19.0 Å². The lowest BCUT2D eigenvalue weighted by atomic mass is 10.1. The maximum absolute atomic E-state index is 11.2. The molecule has 0 unspecified atom stereocenters. The summed E-state index contributed by atoms with van der Waals surface area (Å²) in [6, 6.07) is 8.44. The first-order valence-corrected chi connectivity index (χ1v) is 6.20. The minimum absolute atomic E-state index is 0.122. The van der Waals surface area contributed by atoms with E-state index in [-0.39, 0.29) is 11.9 Å². The second kappa shape index (κ2) is 4.68.